The molecule has 7 aromatic carbocycles. The van der Waals surface area contributed by atoms with Gasteiger partial charge in [-0.2, -0.15) is 0 Å². The van der Waals surface area contributed by atoms with Crippen LogP contribution in [0.25, 0.3) is 68.0 Å². The van der Waals surface area contributed by atoms with E-state index in [1.807, 2.05) is 60.7 Å². The Bertz CT molecular complexity index is 2840. The first-order chi connectivity index (χ1) is 27.8. The van der Waals surface area contributed by atoms with Crippen LogP contribution in [0.1, 0.15) is 28.8 Å². The molecule has 0 fully saturated rings. The van der Waals surface area contributed by atoms with E-state index in [2.05, 4.69) is 149 Å². The van der Waals surface area contributed by atoms with Crippen molar-refractivity contribution in [2.75, 3.05) is 4.90 Å². The first kappa shape index (κ1) is 32.1. The van der Waals surface area contributed by atoms with E-state index in [1.54, 1.807) is 0 Å². The van der Waals surface area contributed by atoms with Gasteiger partial charge in [0.1, 0.15) is 0 Å². The van der Waals surface area contributed by atoms with E-state index in [0.29, 0.717) is 17.5 Å². The van der Waals surface area contributed by atoms with E-state index in [1.165, 1.54) is 39.1 Å². The molecule has 0 saturated carbocycles. The van der Waals surface area contributed by atoms with Crippen LogP contribution in [-0.4, -0.2) is 19.5 Å². The van der Waals surface area contributed by atoms with Crippen LogP contribution in [0.3, 0.4) is 0 Å². The third-order valence-electron chi connectivity index (χ3n) is 11.2. The van der Waals surface area contributed by atoms with E-state index in [-0.39, 0.29) is 12.0 Å². The van der Waals surface area contributed by atoms with Crippen molar-refractivity contribution in [2.45, 2.75) is 12.0 Å². The van der Waals surface area contributed by atoms with Gasteiger partial charge in [-0.05, 0) is 59.2 Å². The Hall–Kier alpha value is -7.37. The van der Waals surface area contributed by atoms with Gasteiger partial charge < -0.3 is 9.47 Å². The van der Waals surface area contributed by atoms with Crippen molar-refractivity contribution < 1.29 is 0 Å². The molecule has 0 spiro atoms. The summed E-state index contributed by atoms with van der Waals surface area (Å²) in [6.45, 7) is 0. The van der Waals surface area contributed by atoms with Crippen LogP contribution in [-0.2, 0) is 0 Å². The molecule has 1 aliphatic heterocycles. The molecule has 9 aromatic rings. The Morgan fingerprint density at radius 3 is 1.55 bits per heavy atom. The second-order valence-electron chi connectivity index (χ2n) is 14.4. The maximum absolute atomic E-state index is 4.92. The lowest BCUT2D eigenvalue weighted by Gasteiger charge is -2.32. The average Bonchev–Trinajstić information content (AvgIpc) is 3.80. The fraction of sp³-hybridized carbons (Fsp3) is 0.0392. The minimum Gasteiger partial charge on any atom is -0.333 e. The number of fused-ring (bicyclic) bond motifs is 7. The highest BCUT2D eigenvalue weighted by molar-refractivity contribution is 5.94. The number of nitrogens with zero attached hydrogens (tertiary/aromatic N) is 5. The lowest BCUT2D eigenvalue weighted by molar-refractivity contribution is 0.669. The van der Waals surface area contributed by atoms with Crippen LogP contribution in [0.4, 0.5) is 11.4 Å². The topological polar surface area (TPSA) is 46.8 Å². The quantitative estimate of drug-likeness (QED) is 0.172. The van der Waals surface area contributed by atoms with E-state index in [9.17, 15) is 0 Å². The zero-order valence-corrected chi connectivity index (χ0v) is 30.4. The number of hydrogen-bond donors (Lipinski definition) is 0. The van der Waals surface area contributed by atoms with Gasteiger partial charge in [0.05, 0.1) is 17.3 Å². The maximum Gasteiger partial charge on any atom is 0.164 e. The molecule has 5 heteroatoms. The first-order valence-electron chi connectivity index (χ1n) is 19.1. The predicted molar refractivity (Wildman–Crippen MR) is 228 cm³/mol. The minimum atomic E-state index is 0.149. The molecule has 11 rings (SSSR count). The Kier molecular flexibility index (Phi) is 7.56. The van der Waals surface area contributed by atoms with Crippen LogP contribution in [0.15, 0.2) is 194 Å². The van der Waals surface area contributed by atoms with Crippen molar-refractivity contribution >= 4 is 28.4 Å². The molecule has 0 amide bonds. The summed E-state index contributed by atoms with van der Waals surface area (Å²) in [7, 11) is 0. The molecule has 2 unspecified atom stereocenters. The molecule has 5 nitrogen and oxygen atoms in total. The Balaban J connectivity index is 0.953. The molecule has 2 aromatic heterocycles. The van der Waals surface area contributed by atoms with Crippen molar-refractivity contribution in [1.82, 2.24) is 19.5 Å². The fourth-order valence-electron chi connectivity index (χ4n) is 8.66. The molecule has 2 atom stereocenters. The fourth-order valence-corrected chi connectivity index (χ4v) is 8.66. The van der Waals surface area contributed by atoms with Gasteiger partial charge in [-0.1, -0.05) is 158 Å². The van der Waals surface area contributed by atoms with Crippen molar-refractivity contribution in [3.8, 4) is 51.0 Å². The summed E-state index contributed by atoms with van der Waals surface area (Å²) in [6.07, 6.45) is 4.76. The number of aromatic nitrogens is 4. The molecule has 0 saturated heterocycles. The Morgan fingerprint density at radius 2 is 0.911 bits per heavy atom. The first-order valence-corrected chi connectivity index (χ1v) is 19.1. The van der Waals surface area contributed by atoms with Gasteiger partial charge in [0, 0.05) is 50.6 Å². The minimum absolute atomic E-state index is 0.149. The second kappa shape index (κ2) is 13.2. The average molecular weight is 718 g/mol. The number of rotatable bonds is 6. The van der Waals surface area contributed by atoms with Gasteiger partial charge in [0.25, 0.3) is 0 Å². The summed E-state index contributed by atoms with van der Waals surface area (Å²) in [5.41, 5.74) is 14.0. The van der Waals surface area contributed by atoms with Crippen LogP contribution < -0.4 is 4.90 Å². The third kappa shape index (κ3) is 5.28. The van der Waals surface area contributed by atoms with Crippen LogP contribution >= 0.6 is 0 Å². The molecule has 1 aliphatic carbocycles. The summed E-state index contributed by atoms with van der Waals surface area (Å²) < 4.78 is 2.44. The summed E-state index contributed by atoms with van der Waals surface area (Å²) in [5, 5.41) is 1.29. The summed E-state index contributed by atoms with van der Waals surface area (Å²) in [6, 6.07) is 66.4. The summed E-state index contributed by atoms with van der Waals surface area (Å²) in [4.78, 5) is 17.2. The largest absolute Gasteiger partial charge is 0.333 e. The van der Waals surface area contributed by atoms with Gasteiger partial charge in [-0.15, -0.1) is 0 Å². The van der Waals surface area contributed by atoms with Crippen LogP contribution in [0.5, 0.6) is 0 Å². The number of para-hydroxylation sites is 3. The molecule has 3 heterocycles. The standard InChI is InChI=1S/C51H35N5/c1-4-14-36(15-5-1)49-52-50(37-16-6-2-7-17-37)54-51(53-49)38-26-24-34(25-27-38)35-28-30-40(31-29-35)55-45-23-13-11-21-43(45)47-46(55)33-32-42-41-20-10-12-22-44(41)56(48(42)47)39-18-8-3-9-19-39/h1-33,42,48H. The lowest BCUT2D eigenvalue weighted by Crippen LogP contribution is -2.24. The van der Waals surface area contributed by atoms with E-state index in [4.69, 9.17) is 15.0 Å². The summed E-state index contributed by atoms with van der Waals surface area (Å²) in [5.74, 6) is 2.22. The molecular formula is C51H35N5. The molecular weight excluding hydrogens is 683 g/mol. The molecule has 0 bridgehead atoms. The highest BCUT2D eigenvalue weighted by atomic mass is 15.2. The Morgan fingerprint density at radius 1 is 0.411 bits per heavy atom. The van der Waals surface area contributed by atoms with Gasteiger partial charge in [-0.3, -0.25) is 0 Å². The second-order valence-corrected chi connectivity index (χ2v) is 14.4. The van der Waals surface area contributed by atoms with Gasteiger partial charge >= 0.3 is 0 Å². The van der Waals surface area contributed by atoms with Crippen molar-refractivity contribution in [1.29, 1.82) is 0 Å². The monoisotopic (exact) mass is 717 g/mol. The van der Waals surface area contributed by atoms with E-state index >= 15 is 0 Å². The highest BCUT2D eigenvalue weighted by Crippen LogP contribution is 2.57. The zero-order valence-electron chi connectivity index (χ0n) is 30.4. The van der Waals surface area contributed by atoms with Crippen LogP contribution in [0.2, 0.25) is 0 Å². The van der Waals surface area contributed by atoms with E-state index in [0.717, 1.165) is 33.5 Å². The molecule has 56 heavy (non-hydrogen) atoms. The molecule has 2 aliphatic rings. The molecule has 0 radical (unpaired) electrons. The van der Waals surface area contributed by atoms with E-state index < -0.39 is 0 Å². The van der Waals surface area contributed by atoms with Gasteiger partial charge in [-0.25, -0.2) is 15.0 Å². The third-order valence-corrected chi connectivity index (χ3v) is 11.2. The Labute approximate surface area is 325 Å². The lowest BCUT2D eigenvalue weighted by atomic mass is 9.84. The SMILES string of the molecule is C1=CC2c3ccccc3N(c3ccccc3)C2c2c1n(-c1ccc(-c3ccc(-c4nc(-c5ccccc5)nc(-c5ccccc5)n4)cc3)cc1)c1ccccc21. The highest BCUT2D eigenvalue weighted by Gasteiger charge is 2.43. The molecule has 0 N–H and O–H groups in total. The van der Waals surface area contributed by atoms with Gasteiger partial charge in [0.15, 0.2) is 17.5 Å². The normalized spacial score (nSPS) is 15.4. The van der Waals surface area contributed by atoms with Gasteiger partial charge in [0.2, 0.25) is 0 Å². The van der Waals surface area contributed by atoms with Crippen molar-refractivity contribution in [2.24, 2.45) is 0 Å². The smallest absolute Gasteiger partial charge is 0.164 e. The summed E-state index contributed by atoms with van der Waals surface area (Å²) >= 11 is 0. The molecule has 264 valence electrons. The number of hydrogen-bond acceptors (Lipinski definition) is 4. The predicted octanol–water partition coefficient (Wildman–Crippen LogP) is 12.5. The van der Waals surface area contributed by atoms with Crippen LogP contribution in [0, 0.1) is 0 Å². The maximum atomic E-state index is 4.92. The van der Waals surface area contributed by atoms with Crippen molar-refractivity contribution in [3.63, 3.8) is 0 Å². The number of benzene rings is 7. The number of anilines is 2. The zero-order chi connectivity index (χ0) is 37.0. The van der Waals surface area contributed by atoms with Crippen molar-refractivity contribution in [3.05, 3.63) is 211 Å².